The van der Waals surface area contributed by atoms with Gasteiger partial charge in [0, 0.05) is 37.6 Å². The Morgan fingerprint density at radius 3 is 2.32 bits per heavy atom. The minimum atomic E-state index is -2.03. The van der Waals surface area contributed by atoms with Crippen LogP contribution >= 0.6 is 0 Å². The number of allylic oxidation sites excluding steroid dienone is 1. The second-order valence-electron chi connectivity index (χ2n) is 16.0. The maximum absolute atomic E-state index is 15.3. The second kappa shape index (κ2) is 18.9. The predicted octanol–water partition coefficient (Wildman–Crippen LogP) is 0.579. The maximum atomic E-state index is 15.3. The molecule has 9 unspecified atom stereocenters. The van der Waals surface area contributed by atoms with Gasteiger partial charge in [0.25, 0.3) is 5.91 Å². The first-order valence-electron chi connectivity index (χ1n) is 19.9. The highest BCUT2D eigenvalue weighted by atomic mass is 16.7. The van der Waals surface area contributed by atoms with E-state index >= 15 is 4.79 Å². The molecule has 17 nitrogen and oxygen atoms in total. The largest absolute Gasteiger partial charge is 0.438 e. The zero-order chi connectivity index (χ0) is 43.4. The fourth-order valence-electron chi connectivity index (χ4n) is 8.68. The molecule has 1 aromatic carbocycles. The van der Waals surface area contributed by atoms with Gasteiger partial charge in [-0.1, -0.05) is 69.3 Å². The molecule has 7 N–H and O–H groups in total. The summed E-state index contributed by atoms with van der Waals surface area (Å²) >= 11 is 0. The Kier molecular flexibility index (Phi) is 14.7. The number of Topliss-reactive ketones (excluding diaryl/α,β-unsaturated/α-hetero) is 1. The number of carbonyl (C=O) groups excluding carboxylic acids is 5. The van der Waals surface area contributed by atoms with Crippen molar-refractivity contribution in [2.45, 2.75) is 120 Å². The first kappa shape index (κ1) is 45.7. The third kappa shape index (κ3) is 9.52. The molecule has 4 aliphatic rings. The van der Waals surface area contributed by atoms with Crippen LogP contribution < -0.4 is 5.32 Å². The molecule has 324 valence electrons. The van der Waals surface area contributed by atoms with Crippen LogP contribution in [0.15, 0.2) is 66.8 Å². The van der Waals surface area contributed by atoms with Crippen LogP contribution in [0.25, 0.3) is 0 Å². The lowest BCUT2D eigenvalue weighted by atomic mass is 9.59. The van der Waals surface area contributed by atoms with Gasteiger partial charge in [-0.25, -0.2) is 4.79 Å². The van der Waals surface area contributed by atoms with Crippen LogP contribution in [0.4, 0.5) is 4.79 Å². The van der Waals surface area contributed by atoms with E-state index in [0.717, 1.165) is 18.6 Å². The number of rotatable bonds is 11. The number of nitrogens with one attached hydrogen (secondary N) is 1. The number of carbonyl (C=O) groups is 5. The number of ketones is 1. The lowest BCUT2D eigenvalue weighted by molar-refractivity contribution is -0.285. The molecule has 3 amide bonds. The van der Waals surface area contributed by atoms with Gasteiger partial charge in [-0.3, -0.25) is 24.1 Å². The number of likely N-dealkylation sites (tertiary alicyclic amines) is 1. The van der Waals surface area contributed by atoms with Crippen molar-refractivity contribution >= 4 is 29.7 Å². The zero-order valence-corrected chi connectivity index (χ0v) is 33.6. The summed E-state index contributed by atoms with van der Waals surface area (Å²) < 4.78 is 22.2. The lowest BCUT2D eigenvalue weighted by Crippen LogP contribution is -2.62. The van der Waals surface area contributed by atoms with Crippen LogP contribution in [0.5, 0.6) is 0 Å². The molecule has 17 heteroatoms. The SMILES string of the molecule is C=C1C(C)C2C(Cc3ccccc3)N(C(=O)CCCCCNC(=O)O[C@@H]3[C@@H](O)[C@H](O)[C@@H](CO)O[C@@H]3O)C(=O)C23OC(OC(C)=O)/C=C\C(C)(O)C(=O)C(C)/C=C/C3C1O. The smallest absolute Gasteiger partial charge is 0.407 e. The van der Waals surface area contributed by atoms with Gasteiger partial charge in [-0.2, -0.15) is 0 Å². The van der Waals surface area contributed by atoms with Crippen LogP contribution in [-0.2, 0) is 44.5 Å². The topological polar surface area (TPSA) is 259 Å². The van der Waals surface area contributed by atoms with E-state index in [1.807, 2.05) is 30.3 Å². The van der Waals surface area contributed by atoms with Gasteiger partial charge in [0.2, 0.25) is 12.2 Å². The highest BCUT2D eigenvalue weighted by molar-refractivity contribution is 6.03. The Morgan fingerprint density at radius 2 is 1.66 bits per heavy atom. The van der Waals surface area contributed by atoms with Crippen molar-refractivity contribution in [1.82, 2.24) is 10.2 Å². The summed E-state index contributed by atoms with van der Waals surface area (Å²) in [7, 11) is 0. The molecule has 3 fully saturated rings. The molecule has 14 atom stereocenters. The molecule has 5 rings (SSSR count). The third-order valence-corrected chi connectivity index (χ3v) is 11.8. The van der Waals surface area contributed by atoms with E-state index in [2.05, 4.69) is 11.9 Å². The zero-order valence-electron chi connectivity index (χ0n) is 33.6. The van der Waals surface area contributed by atoms with E-state index in [1.54, 1.807) is 13.8 Å². The molecule has 0 radical (unpaired) electrons. The molecular weight excluding hydrogens is 772 g/mol. The summed E-state index contributed by atoms with van der Waals surface area (Å²) in [6.07, 6.45) is -5.61. The maximum Gasteiger partial charge on any atom is 0.407 e. The Balaban J connectivity index is 1.39. The quantitative estimate of drug-likeness (QED) is 0.0915. The van der Waals surface area contributed by atoms with Gasteiger partial charge >= 0.3 is 12.1 Å². The van der Waals surface area contributed by atoms with E-state index < -0.39 is 120 Å². The van der Waals surface area contributed by atoms with Crippen molar-refractivity contribution in [2.24, 2.45) is 23.7 Å². The first-order valence-corrected chi connectivity index (χ1v) is 19.9. The fraction of sp³-hybridized carbons (Fsp3) is 0.595. The number of nitrogens with zero attached hydrogens (tertiary/aromatic N) is 1. The third-order valence-electron chi connectivity index (χ3n) is 11.8. The molecule has 1 saturated carbocycles. The van der Waals surface area contributed by atoms with Crippen LogP contribution in [0.2, 0.25) is 0 Å². The second-order valence-corrected chi connectivity index (χ2v) is 16.0. The van der Waals surface area contributed by atoms with E-state index in [0.29, 0.717) is 18.4 Å². The van der Waals surface area contributed by atoms with E-state index in [-0.39, 0.29) is 25.8 Å². The number of amides is 3. The van der Waals surface area contributed by atoms with Gasteiger partial charge in [0.05, 0.1) is 18.8 Å². The van der Waals surface area contributed by atoms with Crippen molar-refractivity contribution in [1.29, 1.82) is 0 Å². The molecule has 2 saturated heterocycles. The van der Waals surface area contributed by atoms with Gasteiger partial charge in [0.15, 0.2) is 23.8 Å². The summed E-state index contributed by atoms with van der Waals surface area (Å²) in [5, 5.41) is 65.1. The molecule has 0 bridgehead atoms. The van der Waals surface area contributed by atoms with Crippen molar-refractivity contribution in [3.05, 3.63) is 72.4 Å². The van der Waals surface area contributed by atoms with Crippen LogP contribution in [0.3, 0.4) is 0 Å². The summed E-state index contributed by atoms with van der Waals surface area (Å²) in [5.74, 6) is -6.27. The number of benzene rings is 1. The first-order chi connectivity index (χ1) is 27.8. The van der Waals surface area contributed by atoms with Crippen LogP contribution in [-0.4, -0.2) is 139 Å². The molecular formula is C42H56N2O15. The number of hydrogen-bond acceptors (Lipinski definition) is 15. The van der Waals surface area contributed by atoms with Crippen molar-refractivity contribution in [3.63, 3.8) is 0 Å². The Hall–Kier alpha value is -4.33. The van der Waals surface area contributed by atoms with Gasteiger partial charge in [-0.15, -0.1) is 0 Å². The average Bonchev–Trinajstić information content (AvgIpc) is 3.42. The summed E-state index contributed by atoms with van der Waals surface area (Å²) in [4.78, 5) is 69.0. The van der Waals surface area contributed by atoms with Crippen molar-refractivity contribution < 1.29 is 73.6 Å². The van der Waals surface area contributed by atoms with E-state index in [9.17, 15) is 49.8 Å². The van der Waals surface area contributed by atoms with Gasteiger partial charge in [-0.05, 0) is 55.4 Å². The van der Waals surface area contributed by atoms with Crippen molar-refractivity contribution in [2.75, 3.05) is 13.2 Å². The predicted molar refractivity (Wildman–Crippen MR) is 206 cm³/mol. The normalized spacial score (nSPS) is 38.3. The molecule has 3 aliphatic heterocycles. The van der Waals surface area contributed by atoms with E-state index in [1.165, 1.54) is 30.1 Å². The number of ether oxygens (including phenoxy) is 4. The molecule has 0 aromatic heterocycles. The number of esters is 1. The highest BCUT2D eigenvalue weighted by Crippen LogP contribution is 2.56. The lowest BCUT2D eigenvalue weighted by Gasteiger charge is -2.50. The number of aliphatic hydroxyl groups excluding tert-OH is 5. The van der Waals surface area contributed by atoms with Gasteiger partial charge in [0.1, 0.15) is 23.9 Å². The van der Waals surface area contributed by atoms with Crippen LogP contribution in [0, 0.1) is 23.7 Å². The highest BCUT2D eigenvalue weighted by Gasteiger charge is 2.70. The summed E-state index contributed by atoms with van der Waals surface area (Å²) in [5.41, 5.74) is -2.87. The Morgan fingerprint density at radius 1 is 0.966 bits per heavy atom. The fourth-order valence-corrected chi connectivity index (χ4v) is 8.68. The van der Waals surface area contributed by atoms with Gasteiger partial charge < -0.3 is 54.9 Å². The molecule has 59 heavy (non-hydrogen) atoms. The number of hydrogen-bond donors (Lipinski definition) is 7. The Labute approximate surface area is 342 Å². The average molecular weight is 829 g/mol. The van der Waals surface area contributed by atoms with Crippen molar-refractivity contribution in [3.8, 4) is 0 Å². The minimum absolute atomic E-state index is 0.0668. The monoisotopic (exact) mass is 828 g/mol. The molecule has 1 spiro atoms. The summed E-state index contributed by atoms with van der Waals surface area (Å²) in [6, 6.07) is 8.38. The van der Waals surface area contributed by atoms with Crippen LogP contribution in [0.1, 0.15) is 58.9 Å². The number of unbranched alkanes of at least 4 members (excludes halogenated alkanes) is 2. The van der Waals surface area contributed by atoms with E-state index in [4.69, 9.17) is 18.9 Å². The number of imide groups is 1. The molecule has 3 heterocycles. The number of alkyl carbamates (subject to hydrolysis) is 1. The minimum Gasteiger partial charge on any atom is -0.438 e. The molecule has 1 aliphatic carbocycles. The Bertz CT molecular complexity index is 1780. The standard InChI is InChI=1S/C42H56N2O15/c1-22-15-16-27-33(48)24(3)23(2)32-28(20-26-12-8-6-9-13-26)44(39(53)42(27,32)59-31(56-25(4)46)17-18-41(5,55)37(22)51)30(47)14-10-7-11-19-43-40(54)58-36-35(50)34(49)29(21-45)57-38(36)52/h6,8-9,12-13,15-18,22-23,27-29,31-36,38,45,48-50,52,55H,3,7,10-11,14,19-21H2,1-2,4-5H3,(H,43,54)/b16-15+,18-17-/t22?,23?,27?,28?,29-,31?,32?,33?,34-,35+,36-,38+,41?,42?/m1/s1. The summed E-state index contributed by atoms with van der Waals surface area (Å²) in [6.45, 7) is 9.32. The molecule has 1 aromatic rings. The number of aliphatic hydroxyl groups is 6.